The molecule has 6 rings (SSSR count). The number of esters is 1. The number of nitrogens with zero attached hydrogens (tertiary/aromatic N) is 3. The van der Waals surface area contributed by atoms with Crippen molar-refractivity contribution in [3.63, 3.8) is 0 Å². The third-order valence-electron chi connectivity index (χ3n) is 7.15. The standard InChI is InChI=1S/C19H16N4O5.C11H11N3O2.ClH/c1-28-18(27)11-2-4-12-10(8-11)3-5-13(12)21-16(24)14-9-15(17(25)26)23-7-6-20-19(23)22-14;12-5-6-2-1-3-7(4-6)14-9-8(13)10(15)11(9)16;/h2,4,6-9,13H,3,5H2,1H3,(H,21,24)(H,25,26);1-4,14H,5,12-13H2;1H/t13-;;/m0../s1. The molecule has 2 heterocycles. The minimum absolute atomic E-state index is 0. The molecule has 0 saturated carbocycles. The van der Waals surface area contributed by atoms with Crippen LogP contribution in [0.15, 0.2) is 70.5 Å². The normalized spacial score (nSPS) is 13.2. The molecular weight excluding hydrogens is 606 g/mol. The Labute approximate surface area is 261 Å². The maximum absolute atomic E-state index is 12.7. The summed E-state index contributed by atoms with van der Waals surface area (Å²) in [6.07, 6.45) is 4.27. The molecule has 7 N–H and O–H groups in total. The van der Waals surface area contributed by atoms with E-state index in [9.17, 15) is 29.1 Å². The quantitative estimate of drug-likeness (QED) is 0.128. The van der Waals surface area contributed by atoms with E-state index in [1.165, 1.54) is 30.0 Å². The molecule has 15 heteroatoms. The molecule has 0 unspecified atom stereocenters. The lowest BCUT2D eigenvalue weighted by molar-refractivity contribution is 0.0599. The minimum Gasteiger partial charge on any atom is -0.477 e. The lowest BCUT2D eigenvalue weighted by Crippen LogP contribution is -2.36. The number of carboxylic acids is 1. The molecule has 1 atom stereocenters. The number of carboxylic acid groups (broad SMARTS) is 1. The molecule has 1 amide bonds. The number of aryl methyl sites for hydroxylation is 1. The van der Waals surface area contributed by atoms with E-state index in [0.29, 0.717) is 30.6 Å². The second-order valence-electron chi connectivity index (χ2n) is 9.88. The maximum Gasteiger partial charge on any atom is 0.353 e. The topological polar surface area (TPSA) is 221 Å². The lowest BCUT2D eigenvalue weighted by atomic mass is 10.0. The highest BCUT2D eigenvalue weighted by Gasteiger charge is 2.27. The first-order valence-electron chi connectivity index (χ1n) is 13.4. The third-order valence-corrected chi connectivity index (χ3v) is 7.15. The van der Waals surface area contributed by atoms with Crippen LogP contribution in [-0.4, -0.2) is 44.4 Å². The van der Waals surface area contributed by atoms with Crippen LogP contribution in [-0.2, 0) is 17.7 Å². The van der Waals surface area contributed by atoms with E-state index < -0.39 is 28.7 Å². The van der Waals surface area contributed by atoms with Crippen molar-refractivity contribution in [2.45, 2.75) is 25.4 Å². The summed E-state index contributed by atoms with van der Waals surface area (Å²) in [6, 6.07) is 13.5. The van der Waals surface area contributed by atoms with Gasteiger partial charge in [0.05, 0.1) is 18.7 Å². The number of nitrogens with two attached hydrogens (primary N) is 2. The number of aromatic nitrogens is 3. The summed E-state index contributed by atoms with van der Waals surface area (Å²) < 4.78 is 6.04. The Morgan fingerprint density at radius 1 is 1.11 bits per heavy atom. The minimum atomic E-state index is -1.18. The van der Waals surface area contributed by atoms with Gasteiger partial charge in [0, 0.05) is 30.7 Å². The van der Waals surface area contributed by atoms with Gasteiger partial charge in [0.15, 0.2) is 0 Å². The van der Waals surface area contributed by atoms with Gasteiger partial charge in [-0.25, -0.2) is 19.6 Å². The van der Waals surface area contributed by atoms with Gasteiger partial charge in [0.25, 0.3) is 16.8 Å². The highest BCUT2D eigenvalue weighted by atomic mass is 35.5. The van der Waals surface area contributed by atoms with Gasteiger partial charge in [-0.15, -0.1) is 12.4 Å². The van der Waals surface area contributed by atoms with Crippen molar-refractivity contribution >= 4 is 53.1 Å². The second kappa shape index (κ2) is 13.4. The molecule has 3 aromatic carbocycles. The first-order chi connectivity index (χ1) is 21.1. The van der Waals surface area contributed by atoms with Crippen molar-refractivity contribution in [2.24, 2.45) is 5.73 Å². The van der Waals surface area contributed by atoms with Gasteiger partial charge in [-0.05, 0) is 53.8 Å². The van der Waals surface area contributed by atoms with Crippen LogP contribution < -0.4 is 33.0 Å². The van der Waals surface area contributed by atoms with Gasteiger partial charge in [-0.2, -0.15) is 0 Å². The van der Waals surface area contributed by atoms with Crippen molar-refractivity contribution in [1.29, 1.82) is 0 Å². The molecule has 14 nitrogen and oxygen atoms in total. The van der Waals surface area contributed by atoms with Gasteiger partial charge in [-0.3, -0.25) is 18.8 Å². The summed E-state index contributed by atoms with van der Waals surface area (Å²) in [4.78, 5) is 66.0. The molecule has 2 aromatic heterocycles. The molecule has 0 radical (unpaired) electrons. The van der Waals surface area contributed by atoms with Crippen LogP contribution in [0.3, 0.4) is 0 Å². The number of aromatic carboxylic acids is 1. The number of ether oxygens (including phenoxy) is 1. The SMILES string of the molecule is COC(=O)c1ccc2c(c1)CC[C@@H]2NC(=O)c1cc(C(=O)O)n2ccnc2n1.Cl.NCc1cccc(Nc2c(N)c(=O)c2=O)c1. The molecular formula is C30H28ClN7O7. The Morgan fingerprint density at radius 3 is 2.58 bits per heavy atom. The molecule has 0 fully saturated rings. The highest BCUT2D eigenvalue weighted by Crippen LogP contribution is 2.32. The monoisotopic (exact) mass is 633 g/mol. The average molecular weight is 634 g/mol. The number of rotatable bonds is 7. The number of hydrogen-bond donors (Lipinski definition) is 5. The van der Waals surface area contributed by atoms with Crippen molar-refractivity contribution < 1.29 is 24.2 Å². The largest absolute Gasteiger partial charge is 0.477 e. The average Bonchev–Trinajstić information content (AvgIpc) is 3.69. The number of fused-ring (bicyclic) bond motifs is 2. The van der Waals surface area contributed by atoms with Crippen LogP contribution in [0.5, 0.6) is 0 Å². The van der Waals surface area contributed by atoms with E-state index in [1.807, 2.05) is 12.1 Å². The van der Waals surface area contributed by atoms with Gasteiger partial charge >= 0.3 is 11.9 Å². The van der Waals surface area contributed by atoms with Crippen LogP contribution in [0.4, 0.5) is 17.1 Å². The summed E-state index contributed by atoms with van der Waals surface area (Å²) >= 11 is 0. The Balaban J connectivity index is 0.000000231. The van der Waals surface area contributed by atoms with Crippen molar-refractivity contribution in [3.8, 4) is 0 Å². The van der Waals surface area contributed by atoms with Crippen molar-refractivity contribution in [3.05, 3.63) is 115 Å². The predicted molar refractivity (Wildman–Crippen MR) is 167 cm³/mol. The molecule has 0 aliphatic heterocycles. The Bertz CT molecular complexity index is 2000. The summed E-state index contributed by atoms with van der Waals surface area (Å²) in [6.45, 7) is 0.414. The number of carbonyl (C=O) groups is 3. The fraction of sp³-hybridized carbons (Fsp3) is 0.167. The number of nitrogens with one attached hydrogen (secondary N) is 2. The number of anilines is 3. The number of nitrogen functional groups attached to an aromatic ring is 1. The fourth-order valence-electron chi connectivity index (χ4n) is 4.88. The zero-order valence-corrected chi connectivity index (χ0v) is 24.6. The summed E-state index contributed by atoms with van der Waals surface area (Å²) in [5, 5.41) is 15.1. The summed E-state index contributed by atoms with van der Waals surface area (Å²) in [5.41, 5.74) is 13.7. The number of halogens is 1. The number of methoxy groups -OCH3 is 1. The second-order valence-corrected chi connectivity index (χ2v) is 9.88. The van der Waals surface area contributed by atoms with Gasteiger partial charge in [0.1, 0.15) is 22.8 Å². The third kappa shape index (κ3) is 6.51. The van der Waals surface area contributed by atoms with E-state index in [2.05, 4.69) is 20.6 Å². The summed E-state index contributed by atoms with van der Waals surface area (Å²) in [5.74, 6) is -1.93. The van der Waals surface area contributed by atoms with Crippen LogP contribution >= 0.6 is 12.4 Å². The zero-order valence-electron chi connectivity index (χ0n) is 23.8. The number of benzene rings is 2. The lowest BCUT2D eigenvalue weighted by Gasteiger charge is -2.14. The van der Waals surface area contributed by atoms with Crippen LogP contribution in [0.2, 0.25) is 0 Å². The zero-order chi connectivity index (χ0) is 31.5. The van der Waals surface area contributed by atoms with Gasteiger partial charge < -0.3 is 31.9 Å². The Morgan fingerprint density at radius 2 is 1.89 bits per heavy atom. The molecule has 0 bridgehead atoms. The van der Waals surface area contributed by atoms with Crippen LogP contribution in [0, 0.1) is 0 Å². The Kier molecular flexibility index (Phi) is 9.60. The molecule has 0 saturated heterocycles. The van der Waals surface area contributed by atoms with Crippen molar-refractivity contribution in [2.75, 3.05) is 18.2 Å². The smallest absolute Gasteiger partial charge is 0.353 e. The van der Waals surface area contributed by atoms with Gasteiger partial charge in [0.2, 0.25) is 5.78 Å². The molecule has 232 valence electrons. The van der Waals surface area contributed by atoms with E-state index >= 15 is 0 Å². The first-order valence-corrected chi connectivity index (χ1v) is 13.4. The molecule has 1 aliphatic rings. The first kappa shape index (κ1) is 32.3. The van der Waals surface area contributed by atoms with E-state index in [4.69, 9.17) is 16.2 Å². The predicted octanol–water partition coefficient (Wildman–Crippen LogP) is 2.12. The number of amides is 1. The van der Waals surface area contributed by atoms with Crippen LogP contribution in [0.1, 0.15) is 60.5 Å². The molecule has 1 aliphatic carbocycles. The van der Waals surface area contributed by atoms with Crippen molar-refractivity contribution in [1.82, 2.24) is 19.7 Å². The molecule has 0 spiro atoms. The van der Waals surface area contributed by atoms with E-state index in [0.717, 1.165) is 16.7 Å². The number of carbonyl (C=O) groups excluding carboxylic acids is 2. The number of imidazole rings is 1. The maximum atomic E-state index is 12.7. The van der Waals surface area contributed by atoms with E-state index in [1.54, 1.807) is 30.3 Å². The highest BCUT2D eigenvalue weighted by molar-refractivity contribution is 5.96. The number of hydrogen-bond acceptors (Lipinski definition) is 11. The van der Waals surface area contributed by atoms with Gasteiger partial charge in [-0.1, -0.05) is 18.2 Å². The fourth-order valence-corrected chi connectivity index (χ4v) is 4.88. The molecule has 45 heavy (non-hydrogen) atoms. The molecule has 5 aromatic rings. The Hall–Kier alpha value is -5.60. The summed E-state index contributed by atoms with van der Waals surface area (Å²) in [7, 11) is 1.33. The van der Waals surface area contributed by atoms with E-state index in [-0.39, 0.29) is 47.0 Å². The van der Waals surface area contributed by atoms with Crippen LogP contribution in [0.25, 0.3) is 5.78 Å².